The van der Waals surface area contributed by atoms with Crippen molar-refractivity contribution in [3.63, 3.8) is 0 Å². The molecule has 6 heteroatoms. The monoisotopic (exact) mass is 340 g/mol. The van der Waals surface area contributed by atoms with Gasteiger partial charge in [0.25, 0.3) is 5.91 Å². The molecule has 2 rings (SSSR count). The van der Waals surface area contributed by atoms with E-state index in [2.05, 4.69) is 38.1 Å². The van der Waals surface area contributed by atoms with E-state index >= 15 is 0 Å². The molecule has 1 aromatic rings. The molecule has 0 aromatic heterocycles. The molecular weight excluding hydrogens is 320 g/mol. The maximum Gasteiger partial charge on any atom is 0.253 e. The van der Waals surface area contributed by atoms with E-state index in [0.717, 1.165) is 37.2 Å². The van der Waals surface area contributed by atoms with Crippen molar-refractivity contribution in [2.45, 2.75) is 0 Å². The van der Waals surface area contributed by atoms with E-state index in [4.69, 9.17) is 5.73 Å². The fraction of sp³-hybridized carbons (Fsp3) is 0.500. The van der Waals surface area contributed by atoms with Gasteiger partial charge in [-0.3, -0.25) is 9.69 Å². The average Bonchev–Trinajstić information content (AvgIpc) is 2.41. The molecule has 0 saturated carbocycles. The van der Waals surface area contributed by atoms with Crippen molar-refractivity contribution in [1.82, 2.24) is 15.1 Å². The molecule has 0 aliphatic carbocycles. The lowest BCUT2D eigenvalue weighted by molar-refractivity contribution is 0.0942. The largest absolute Gasteiger partial charge is 0.398 e. The number of anilines is 1. The van der Waals surface area contributed by atoms with Crippen LogP contribution in [0.2, 0.25) is 0 Å². The summed E-state index contributed by atoms with van der Waals surface area (Å²) in [5.41, 5.74) is 6.88. The summed E-state index contributed by atoms with van der Waals surface area (Å²) in [4.78, 5) is 16.7. The van der Waals surface area contributed by atoms with Crippen molar-refractivity contribution in [3.8, 4) is 0 Å². The average molecular weight is 341 g/mol. The zero-order chi connectivity index (χ0) is 14.5. The fourth-order valence-electron chi connectivity index (χ4n) is 2.23. The van der Waals surface area contributed by atoms with Gasteiger partial charge in [0.2, 0.25) is 0 Å². The standard InChI is InChI=1S/C14H21BrN4O/c1-18-6-8-19(9-7-18)5-4-17-14(20)12-3-2-11(15)10-13(12)16/h2-3,10H,4-9,16H2,1H3,(H,17,20). The second kappa shape index (κ2) is 7.06. The van der Waals surface area contributed by atoms with Crippen LogP contribution in [0.25, 0.3) is 0 Å². The third-order valence-corrected chi connectivity index (χ3v) is 4.06. The lowest BCUT2D eigenvalue weighted by Crippen LogP contribution is -2.46. The Kier molecular flexibility index (Phi) is 5.39. The molecule has 0 bridgehead atoms. The van der Waals surface area contributed by atoms with Crippen LogP contribution >= 0.6 is 15.9 Å². The summed E-state index contributed by atoms with van der Waals surface area (Å²) in [5.74, 6) is -0.107. The first kappa shape index (κ1) is 15.3. The van der Waals surface area contributed by atoms with E-state index in [-0.39, 0.29) is 5.91 Å². The molecule has 1 amide bonds. The maximum absolute atomic E-state index is 12.0. The van der Waals surface area contributed by atoms with E-state index in [1.807, 2.05) is 6.07 Å². The summed E-state index contributed by atoms with van der Waals surface area (Å²) in [6.45, 7) is 5.84. The number of halogens is 1. The van der Waals surface area contributed by atoms with Gasteiger partial charge in [0, 0.05) is 49.4 Å². The highest BCUT2D eigenvalue weighted by Gasteiger charge is 2.14. The highest BCUT2D eigenvalue weighted by atomic mass is 79.9. The second-order valence-electron chi connectivity index (χ2n) is 5.13. The molecule has 1 fully saturated rings. The number of amides is 1. The number of carbonyl (C=O) groups excluding carboxylic acids is 1. The van der Waals surface area contributed by atoms with Crippen LogP contribution in [0.1, 0.15) is 10.4 Å². The molecule has 1 aliphatic heterocycles. The van der Waals surface area contributed by atoms with Crippen molar-refractivity contribution in [3.05, 3.63) is 28.2 Å². The molecule has 110 valence electrons. The molecule has 5 nitrogen and oxygen atoms in total. The van der Waals surface area contributed by atoms with Crippen LogP contribution in [-0.2, 0) is 0 Å². The van der Waals surface area contributed by atoms with E-state index < -0.39 is 0 Å². The van der Waals surface area contributed by atoms with E-state index in [9.17, 15) is 4.79 Å². The van der Waals surface area contributed by atoms with Crippen molar-refractivity contribution in [1.29, 1.82) is 0 Å². The minimum atomic E-state index is -0.107. The predicted octanol–water partition coefficient (Wildman–Crippen LogP) is 1.01. The minimum absolute atomic E-state index is 0.107. The zero-order valence-electron chi connectivity index (χ0n) is 11.7. The van der Waals surface area contributed by atoms with Gasteiger partial charge < -0.3 is 16.0 Å². The Morgan fingerprint density at radius 2 is 2.05 bits per heavy atom. The quantitative estimate of drug-likeness (QED) is 0.803. The van der Waals surface area contributed by atoms with Crippen LogP contribution in [0.3, 0.4) is 0 Å². The first-order valence-electron chi connectivity index (χ1n) is 6.80. The molecule has 0 spiro atoms. The van der Waals surface area contributed by atoms with Crippen LogP contribution < -0.4 is 11.1 Å². The van der Waals surface area contributed by atoms with Crippen LogP contribution in [0.15, 0.2) is 22.7 Å². The van der Waals surface area contributed by atoms with Gasteiger partial charge in [0.1, 0.15) is 0 Å². The van der Waals surface area contributed by atoms with Gasteiger partial charge in [-0.05, 0) is 25.2 Å². The van der Waals surface area contributed by atoms with Crippen molar-refractivity contribution in [2.75, 3.05) is 52.0 Å². The predicted molar refractivity (Wildman–Crippen MR) is 84.8 cm³/mol. The number of carbonyl (C=O) groups is 1. The molecule has 1 heterocycles. The van der Waals surface area contributed by atoms with Crippen molar-refractivity contribution in [2.24, 2.45) is 0 Å². The fourth-order valence-corrected chi connectivity index (χ4v) is 2.61. The molecule has 0 unspecified atom stereocenters. The van der Waals surface area contributed by atoms with E-state index in [0.29, 0.717) is 17.8 Å². The van der Waals surface area contributed by atoms with Gasteiger partial charge in [-0.25, -0.2) is 0 Å². The first-order valence-corrected chi connectivity index (χ1v) is 7.59. The Bertz CT molecular complexity index is 472. The summed E-state index contributed by atoms with van der Waals surface area (Å²) in [7, 11) is 2.13. The normalized spacial score (nSPS) is 17.1. The number of hydrogen-bond donors (Lipinski definition) is 2. The summed E-state index contributed by atoms with van der Waals surface area (Å²) in [6, 6.07) is 5.31. The van der Waals surface area contributed by atoms with Gasteiger partial charge in [-0.1, -0.05) is 15.9 Å². The van der Waals surface area contributed by atoms with Gasteiger partial charge in [-0.15, -0.1) is 0 Å². The Balaban J connectivity index is 1.77. The number of rotatable bonds is 4. The Morgan fingerprint density at radius 3 is 2.70 bits per heavy atom. The summed E-state index contributed by atoms with van der Waals surface area (Å²) in [6.07, 6.45) is 0. The van der Waals surface area contributed by atoms with Crippen molar-refractivity contribution >= 4 is 27.5 Å². The molecule has 0 radical (unpaired) electrons. The maximum atomic E-state index is 12.0. The Morgan fingerprint density at radius 1 is 1.35 bits per heavy atom. The smallest absolute Gasteiger partial charge is 0.253 e. The van der Waals surface area contributed by atoms with Crippen LogP contribution in [0.4, 0.5) is 5.69 Å². The minimum Gasteiger partial charge on any atom is -0.398 e. The lowest BCUT2D eigenvalue weighted by Gasteiger charge is -2.32. The summed E-state index contributed by atoms with van der Waals surface area (Å²) >= 11 is 3.33. The van der Waals surface area contributed by atoms with Crippen LogP contribution in [-0.4, -0.2) is 62.0 Å². The highest BCUT2D eigenvalue weighted by molar-refractivity contribution is 9.10. The first-order chi connectivity index (χ1) is 9.56. The summed E-state index contributed by atoms with van der Waals surface area (Å²) < 4.78 is 0.879. The lowest BCUT2D eigenvalue weighted by atomic mass is 10.1. The van der Waals surface area contributed by atoms with E-state index in [1.165, 1.54) is 0 Å². The third-order valence-electron chi connectivity index (χ3n) is 3.57. The molecule has 1 saturated heterocycles. The van der Waals surface area contributed by atoms with Gasteiger partial charge in [0.05, 0.1) is 5.56 Å². The van der Waals surface area contributed by atoms with Gasteiger partial charge >= 0.3 is 0 Å². The van der Waals surface area contributed by atoms with Crippen LogP contribution in [0.5, 0.6) is 0 Å². The van der Waals surface area contributed by atoms with Crippen LogP contribution in [0, 0.1) is 0 Å². The number of nitrogen functional groups attached to an aromatic ring is 1. The zero-order valence-corrected chi connectivity index (χ0v) is 13.3. The van der Waals surface area contributed by atoms with Gasteiger partial charge in [0.15, 0.2) is 0 Å². The third kappa shape index (κ3) is 4.19. The molecule has 1 aliphatic rings. The highest BCUT2D eigenvalue weighted by Crippen LogP contribution is 2.18. The number of nitrogens with zero attached hydrogens (tertiary/aromatic N) is 2. The molecule has 20 heavy (non-hydrogen) atoms. The van der Waals surface area contributed by atoms with Gasteiger partial charge in [-0.2, -0.15) is 0 Å². The molecule has 3 N–H and O–H groups in total. The number of piperazine rings is 1. The number of nitrogens with two attached hydrogens (primary N) is 1. The topological polar surface area (TPSA) is 61.6 Å². The number of benzene rings is 1. The number of hydrogen-bond acceptors (Lipinski definition) is 4. The Hall–Kier alpha value is -1.11. The number of nitrogens with one attached hydrogen (secondary N) is 1. The molecule has 0 atom stereocenters. The molecule has 1 aromatic carbocycles. The second-order valence-corrected chi connectivity index (χ2v) is 6.05. The summed E-state index contributed by atoms with van der Waals surface area (Å²) in [5, 5.41) is 2.93. The van der Waals surface area contributed by atoms with Crippen molar-refractivity contribution < 1.29 is 4.79 Å². The SMILES string of the molecule is CN1CCN(CCNC(=O)c2ccc(Br)cc2N)CC1. The molecular formula is C14H21BrN4O. The Labute approximate surface area is 128 Å². The van der Waals surface area contributed by atoms with E-state index in [1.54, 1.807) is 12.1 Å². The number of likely N-dealkylation sites (N-methyl/N-ethyl adjacent to an activating group) is 1.